The summed E-state index contributed by atoms with van der Waals surface area (Å²) in [7, 11) is 1.80. The molecule has 1 rings (SSSR count). The Kier molecular flexibility index (Phi) is 3.49. The van der Waals surface area contributed by atoms with Gasteiger partial charge < -0.3 is 10.2 Å². The molecule has 2 atom stereocenters. The third kappa shape index (κ3) is 2.25. The van der Waals surface area contributed by atoms with E-state index in [2.05, 4.69) is 5.32 Å². The SMILES string of the molecule is CCC(C)N(C)C(=O)C1CNC(=O)C1. The van der Waals surface area contributed by atoms with E-state index in [0.29, 0.717) is 13.0 Å². The van der Waals surface area contributed by atoms with Gasteiger partial charge in [-0.2, -0.15) is 0 Å². The Hall–Kier alpha value is -1.06. The van der Waals surface area contributed by atoms with E-state index in [4.69, 9.17) is 0 Å². The number of hydrogen-bond donors (Lipinski definition) is 1. The molecule has 0 aromatic heterocycles. The molecule has 1 heterocycles. The lowest BCUT2D eigenvalue weighted by Gasteiger charge is -2.26. The number of carbonyl (C=O) groups excluding carboxylic acids is 2. The van der Waals surface area contributed by atoms with Crippen LogP contribution >= 0.6 is 0 Å². The Labute approximate surface area is 84.7 Å². The maximum atomic E-state index is 11.8. The van der Waals surface area contributed by atoms with Crippen molar-refractivity contribution in [2.75, 3.05) is 13.6 Å². The standard InChI is InChI=1S/C10H18N2O2/c1-4-7(2)12(3)10(14)8-5-9(13)11-6-8/h7-8H,4-6H2,1-3H3,(H,11,13). The Morgan fingerprint density at radius 2 is 2.36 bits per heavy atom. The molecular formula is C10H18N2O2. The second kappa shape index (κ2) is 4.44. The first-order chi connectivity index (χ1) is 6.56. The van der Waals surface area contributed by atoms with Crippen LogP contribution in [0.15, 0.2) is 0 Å². The van der Waals surface area contributed by atoms with Crippen LogP contribution in [0.5, 0.6) is 0 Å². The predicted molar refractivity (Wildman–Crippen MR) is 53.6 cm³/mol. The Balaban J connectivity index is 2.52. The van der Waals surface area contributed by atoms with Crippen LogP contribution in [0.3, 0.4) is 0 Å². The fourth-order valence-corrected chi connectivity index (χ4v) is 1.56. The van der Waals surface area contributed by atoms with Crippen LogP contribution in [-0.2, 0) is 9.59 Å². The van der Waals surface area contributed by atoms with Crippen molar-refractivity contribution >= 4 is 11.8 Å². The third-order valence-electron chi connectivity index (χ3n) is 2.93. The molecule has 0 spiro atoms. The molecule has 14 heavy (non-hydrogen) atoms. The first-order valence-corrected chi connectivity index (χ1v) is 5.09. The van der Waals surface area contributed by atoms with Crippen molar-refractivity contribution < 1.29 is 9.59 Å². The van der Waals surface area contributed by atoms with E-state index >= 15 is 0 Å². The summed E-state index contributed by atoms with van der Waals surface area (Å²) in [6.07, 6.45) is 1.29. The molecule has 0 radical (unpaired) electrons. The summed E-state index contributed by atoms with van der Waals surface area (Å²) in [5, 5.41) is 2.68. The molecular weight excluding hydrogens is 180 g/mol. The van der Waals surface area contributed by atoms with Crippen LogP contribution in [-0.4, -0.2) is 36.3 Å². The highest BCUT2D eigenvalue weighted by Crippen LogP contribution is 2.14. The van der Waals surface area contributed by atoms with Gasteiger partial charge in [0.2, 0.25) is 11.8 Å². The number of nitrogens with zero attached hydrogens (tertiary/aromatic N) is 1. The largest absolute Gasteiger partial charge is 0.355 e. The monoisotopic (exact) mass is 198 g/mol. The average Bonchev–Trinajstić information content (AvgIpc) is 2.61. The average molecular weight is 198 g/mol. The summed E-state index contributed by atoms with van der Waals surface area (Å²) >= 11 is 0. The maximum Gasteiger partial charge on any atom is 0.227 e. The molecule has 1 aliphatic heterocycles. The van der Waals surface area contributed by atoms with Gasteiger partial charge in [0.05, 0.1) is 5.92 Å². The van der Waals surface area contributed by atoms with Gasteiger partial charge in [-0.3, -0.25) is 9.59 Å². The van der Waals surface area contributed by atoms with Crippen LogP contribution in [0.2, 0.25) is 0 Å². The Morgan fingerprint density at radius 1 is 1.71 bits per heavy atom. The Bertz CT molecular complexity index is 240. The molecule has 2 amide bonds. The van der Waals surface area contributed by atoms with Crippen LogP contribution < -0.4 is 5.32 Å². The first-order valence-electron chi connectivity index (χ1n) is 5.09. The highest BCUT2D eigenvalue weighted by molar-refractivity contribution is 5.89. The minimum Gasteiger partial charge on any atom is -0.355 e. The van der Waals surface area contributed by atoms with E-state index in [1.54, 1.807) is 11.9 Å². The van der Waals surface area contributed by atoms with Gasteiger partial charge in [0, 0.05) is 26.1 Å². The van der Waals surface area contributed by atoms with Gasteiger partial charge in [-0.15, -0.1) is 0 Å². The molecule has 1 fully saturated rings. The van der Waals surface area contributed by atoms with E-state index < -0.39 is 0 Å². The maximum absolute atomic E-state index is 11.8. The second-order valence-corrected chi connectivity index (χ2v) is 3.91. The van der Waals surface area contributed by atoms with Gasteiger partial charge in [-0.05, 0) is 13.3 Å². The highest BCUT2D eigenvalue weighted by Gasteiger charge is 2.30. The van der Waals surface area contributed by atoms with Crippen LogP contribution in [0.25, 0.3) is 0 Å². The lowest BCUT2D eigenvalue weighted by molar-refractivity contribution is -0.136. The van der Waals surface area contributed by atoms with Crippen molar-refractivity contribution in [2.45, 2.75) is 32.7 Å². The van der Waals surface area contributed by atoms with Crippen molar-refractivity contribution in [1.29, 1.82) is 0 Å². The molecule has 0 aromatic rings. The summed E-state index contributed by atoms with van der Waals surface area (Å²) < 4.78 is 0. The van der Waals surface area contributed by atoms with Crippen molar-refractivity contribution in [3.8, 4) is 0 Å². The molecule has 0 bridgehead atoms. The number of hydrogen-bond acceptors (Lipinski definition) is 2. The summed E-state index contributed by atoms with van der Waals surface area (Å²) in [4.78, 5) is 24.5. The predicted octanol–water partition coefficient (Wildman–Crippen LogP) is 0.379. The van der Waals surface area contributed by atoms with Crippen molar-refractivity contribution in [3.05, 3.63) is 0 Å². The molecule has 4 nitrogen and oxygen atoms in total. The smallest absolute Gasteiger partial charge is 0.227 e. The molecule has 80 valence electrons. The van der Waals surface area contributed by atoms with Crippen LogP contribution in [0.1, 0.15) is 26.7 Å². The normalized spacial score (nSPS) is 23.1. The molecule has 1 saturated heterocycles. The van der Waals surface area contributed by atoms with Gasteiger partial charge in [0.25, 0.3) is 0 Å². The summed E-state index contributed by atoms with van der Waals surface area (Å²) in [6.45, 7) is 4.56. The molecule has 2 unspecified atom stereocenters. The lowest BCUT2D eigenvalue weighted by atomic mass is 10.1. The number of carbonyl (C=O) groups is 2. The van der Waals surface area contributed by atoms with Gasteiger partial charge >= 0.3 is 0 Å². The summed E-state index contributed by atoms with van der Waals surface area (Å²) in [5.74, 6) is -0.0832. The molecule has 1 aliphatic rings. The second-order valence-electron chi connectivity index (χ2n) is 3.91. The van der Waals surface area contributed by atoms with Gasteiger partial charge in [0.1, 0.15) is 0 Å². The fraction of sp³-hybridized carbons (Fsp3) is 0.800. The van der Waals surface area contributed by atoms with E-state index in [9.17, 15) is 9.59 Å². The number of rotatable bonds is 3. The van der Waals surface area contributed by atoms with Gasteiger partial charge in [-0.1, -0.05) is 6.92 Å². The third-order valence-corrected chi connectivity index (χ3v) is 2.93. The topological polar surface area (TPSA) is 49.4 Å². The molecule has 1 N–H and O–H groups in total. The lowest BCUT2D eigenvalue weighted by Crippen LogP contribution is -2.39. The molecule has 0 saturated carbocycles. The number of amides is 2. The van der Waals surface area contributed by atoms with E-state index in [1.165, 1.54) is 0 Å². The van der Waals surface area contributed by atoms with Gasteiger partial charge in [0.15, 0.2) is 0 Å². The van der Waals surface area contributed by atoms with Crippen molar-refractivity contribution in [2.24, 2.45) is 5.92 Å². The zero-order chi connectivity index (χ0) is 10.7. The highest BCUT2D eigenvalue weighted by atomic mass is 16.2. The minimum atomic E-state index is -0.151. The summed E-state index contributed by atoms with van der Waals surface area (Å²) in [5.41, 5.74) is 0. The van der Waals surface area contributed by atoms with E-state index in [0.717, 1.165) is 6.42 Å². The van der Waals surface area contributed by atoms with Crippen LogP contribution in [0, 0.1) is 5.92 Å². The molecule has 0 aromatic carbocycles. The Morgan fingerprint density at radius 3 is 2.79 bits per heavy atom. The quantitative estimate of drug-likeness (QED) is 0.712. The van der Waals surface area contributed by atoms with Crippen molar-refractivity contribution in [3.63, 3.8) is 0 Å². The van der Waals surface area contributed by atoms with E-state index in [-0.39, 0.29) is 23.8 Å². The molecule has 4 heteroatoms. The van der Waals surface area contributed by atoms with E-state index in [1.807, 2.05) is 13.8 Å². The minimum absolute atomic E-state index is 0.0131. The first kappa shape index (κ1) is 11.0. The molecule has 0 aliphatic carbocycles. The zero-order valence-electron chi connectivity index (χ0n) is 9.04. The van der Waals surface area contributed by atoms with Crippen LogP contribution in [0.4, 0.5) is 0 Å². The summed E-state index contributed by atoms with van der Waals surface area (Å²) in [6, 6.07) is 0.248. The fourth-order valence-electron chi connectivity index (χ4n) is 1.56. The van der Waals surface area contributed by atoms with Crippen molar-refractivity contribution in [1.82, 2.24) is 10.2 Å². The van der Waals surface area contributed by atoms with Gasteiger partial charge in [-0.25, -0.2) is 0 Å². The zero-order valence-corrected chi connectivity index (χ0v) is 9.04. The number of nitrogens with one attached hydrogen (secondary N) is 1.